The highest BCUT2D eigenvalue weighted by Crippen LogP contribution is 2.38. The van der Waals surface area contributed by atoms with Crippen molar-refractivity contribution in [3.8, 4) is 0 Å². The number of hydrogen-bond donors (Lipinski definition) is 0. The second-order valence-corrected chi connectivity index (χ2v) is 6.15. The van der Waals surface area contributed by atoms with Gasteiger partial charge in [-0.2, -0.15) is 0 Å². The predicted octanol–water partition coefficient (Wildman–Crippen LogP) is 4.34. The number of hydrogen-bond acceptors (Lipinski definition) is 2. The molecular weight excluding hydrogens is 259 g/mol. The lowest BCUT2D eigenvalue weighted by Gasteiger charge is -2.32. The highest BCUT2D eigenvalue weighted by atomic mass is 16.7. The van der Waals surface area contributed by atoms with E-state index in [1.54, 1.807) is 0 Å². The molecule has 0 bridgehead atoms. The topological polar surface area (TPSA) is 18.5 Å². The average molecular weight is 282 g/mol. The lowest BCUT2D eigenvalue weighted by atomic mass is 9.77. The van der Waals surface area contributed by atoms with E-state index >= 15 is 0 Å². The first-order valence-corrected chi connectivity index (χ1v) is 7.33. The van der Waals surface area contributed by atoms with Crippen molar-refractivity contribution in [2.75, 3.05) is 0 Å². The zero-order valence-corrected chi connectivity index (χ0v) is 13.2. The summed E-state index contributed by atoms with van der Waals surface area (Å²) in [6.07, 6.45) is 22.0. The van der Waals surface area contributed by atoms with Gasteiger partial charge >= 0.3 is 7.12 Å². The van der Waals surface area contributed by atoms with Crippen LogP contribution in [0.25, 0.3) is 0 Å². The molecule has 1 fully saturated rings. The Morgan fingerprint density at radius 3 is 1.62 bits per heavy atom. The molecule has 3 heteroatoms. The maximum absolute atomic E-state index is 6.10. The summed E-state index contributed by atoms with van der Waals surface area (Å²) in [5.41, 5.74) is 0.365. The lowest BCUT2D eigenvalue weighted by molar-refractivity contribution is 0.00578. The molecule has 0 aromatic heterocycles. The summed E-state index contributed by atoms with van der Waals surface area (Å²) in [5.74, 6) is 0. The van der Waals surface area contributed by atoms with Crippen LogP contribution in [0.5, 0.6) is 0 Å². The monoisotopic (exact) mass is 282 g/mol. The van der Waals surface area contributed by atoms with Gasteiger partial charge in [-0.05, 0) is 33.2 Å². The summed E-state index contributed by atoms with van der Waals surface area (Å²) >= 11 is 0. The molecule has 2 aliphatic rings. The standard InChI is InChI=1S/C18H23BO2/c1-17(2)18(3,4)21-19(20-17)16-14-12-10-8-6-5-7-9-11-13-15-16/h5-15H,1-4H3/b6-5-,7-5?,8-6?,9-7-,10-8-,11-9?,12-10?,13-11-,14-12-,15-13?,16-14?,16-15+. The van der Waals surface area contributed by atoms with Gasteiger partial charge < -0.3 is 9.31 Å². The highest BCUT2D eigenvalue weighted by molar-refractivity contribution is 6.55. The van der Waals surface area contributed by atoms with Gasteiger partial charge in [0.1, 0.15) is 0 Å². The third-order valence-electron chi connectivity index (χ3n) is 3.99. The lowest BCUT2D eigenvalue weighted by Crippen LogP contribution is -2.41. The fourth-order valence-corrected chi connectivity index (χ4v) is 1.97. The van der Waals surface area contributed by atoms with Crippen LogP contribution in [0.1, 0.15) is 27.7 Å². The highest BCUT2D eigenvalue weighted by Gasteiger charge is 2.51. The molecule has 1 saturated heterocycles. The second-order valence-electron chi connectivity index (χ2n) is 6.15. The molecule has 0 unspecified atom stereocenters. The molecular formula is C18H23BO2. The van der Waals surface area contributed by atoms with Gasteiger partial charge in [-0.3, -0.25) is 0 Å². The van der Waals surface area contributed by atoms with Gasteiger partial charge in [0.05, 0.1) is 11.2 Å². The molecule has 0 N–H and O–H groups in total. The minimum Gasteiger partial charge on any atom is -0.399 e. The molecule has 21 heavy (non-hydrogen) atoms. The first-order chi connectivity index (χ1) is 9.92. The molecule has 1 heterocycles. The average Bonchev–Trinajstić information content (AvgIpc) is 2.59. The Hall–Kier alpha value is -1.58. The Kier molecular flexibility index (Phi) is 4.86. The zero-order valence-electron chi connectivity index (χ0n) is 13.2. The van der Waals surface area contributed by atoms with E-state index in [0.29, 0.717) is 0 Å². The predicted molar refractivity (Wildman–Crippen MR) is 89.9 cm³/mol. The SMILES string of the molecule is CC1(C)OB(C2=C/C=C\C=C/C=C\C=C/C=C\2)OC1(C)C. The molecule has 0 aromatic rings. The quantitative estimate of drug-likeness (QED) is 0.666. The third-order valence-corrected chi connectivity index (χ3v) is 3.99. The van der Waals surface area contributed by atoms with Crippen molar-refractivity contribution in [1.82, 2.24) is 0 Å². The third kappa shape index (κ3) is 3.96. The van der Waals surface area contributed by atoms with E-state index in [1.165, 1.54) is 0 Å². The van der Waals surface area contributed by atoms with E-state index in [2.05, 4.69) is 27.7 Å². The fraction of sp³-hybridized carbons (Fsp3) is 0.333. The minimum absolute atomic E-state index is 0.321. The van der Waals surface area contributed by atoms with Crippen molar-refractivity contribution >= 4 is 7.12 Å². The number of allylic oxidation sites excluding steroid dienone is 12. The van der Waals surface area contributed by atoms with Crippen molar-refractivity contribution in [2.45, 2.75) is 38.9 Å². The van der Waals surface area contributed by atoms with Crippen molar-refractivity contribution in [2.24, 2.45) is 0 Å². The summed E-state index contributed by atoms with van der Waals surface area (Å²) < 4.78 is 12.2. The van der Waals surface area contributed by atoms with E-state index in [9.17, 15) is 0 Å². The maximum atomic E-state index is 6.10. The van der Waals surface area contributed by atoms with E-state index in [4.69, 9.17) is 9.31 Å². The van der Waals surface area contributed by atoms with Gasteiger partial charge in [-0.15, -0.1) is 0 Å². The second kappa shape index (κ2) is 6.46. The molecule has 110 valence electrons. The molecule has 0 amide bonds. The van der Waals surface area contributed by atoms with Crippen molar-refractivity contribution in [1.29, 1.82) is 0 Å². The van der Waals surface area contributed by atoms with E-state index < -0.39 is 0 Å². The van der Waals surface area contributed by atoms with Crippen LogP contribution >= 0.6 is 0 Å². The molecule has 1 aliphatic carbocycles. The Balaban J connectivity index is 2.24. The van der Waals surface area contributed by atoms with Gasteiger partial charge in [0.15, 0.2) is 0 Å². The molecule has 0 atom stereocenters. The number of rotatable bonds is 1. The summed E-state index contributed by atoms with van der Waals surface area (Å²) in [5, 5.41) is 0. The Morgan fingerprint density at radius 2 is 1.10 bits per heavy atom. The van der Waals surface area contributed by atoms with Crippen LogP contribution in [0.4, 0.5) is 0 Å². The van der Waals surface area contributed by atoms with Gasteiger partial charge in [0.2, 0.25) is 0 Å². The zero-order chi connectivity index (χ0) is 15.3. The van der Waals surface area contributed by atoms with Crippen LogP contribution in [-0.2, 0) is 9.31 Å². The van der Waals surface area contributed by atoms with Crippen LogP contribution in [-0.4, -0.2) is 18.3 Å². The molecule has 2 rings (SSSR count). The van der Waals surface area contributed by atoms with Crippen molar-refractivity contribution in [3.05, 3.63) is 72.3 Å². The summed E-state index contributed by atoms with van der Waals surface area (Å²) in [6.45, 7) is 8.26. The first kappa shape index (κ1) is 15.8. The smallest absolute Gasteiger partial charge is 0.399 e. The fourth-order valence-electron chi connectivity index (χ4n) is 1.97. The van der Waals surface area contributed by atoms with E-state index in [1.807, 2.05) is 66.8 Å². The van der Waals surface area contributed by atoms with Crippen LogP contribution < -0.4 is 0 Å². The van der Waals surface area contributed by atoms with Crippen LogP contribution in [0.2, 0.25) is 0 Å². The van der Waals surface area contributed by atoms with Gasteiger partial charge in [0.25, 0.3) is 0 Å². The Bertz CT molecular complexity index is 530. The summed E-state index contributed by atoms with van der Waals surface area (Å²) in [4.78, 5) is 0. The molecule has 0 saturated carbocycles. The molecule has 2 nitrogen and oxygen atoms in total. The summed E-state index contributed by atoms with van der Waals surface area (Å²) in [7, 11) is -0.341. The van der Waals surface area contributed by atoms with Gasteiger partial charge in [-0.25, -0.2) is 0 Å². The molecule has 0 aromatic carbocycles. The van der Waals surface area contributed by atoms with E-state index in [-0.39, 0.29) is 18.3 Å². The van der Waals surface area contributed by atoms with Crippen molar-refractivity contribution in [3.63, 3.8) is 0 Å². The van der Waals surface area contributed by atoms with Crippen LogP contribution in [0.15, 0.2) is 72.3 Å². The van der Waals surface area contributed by atoms with Gasteiger partial charge in [-0.1, -0.05) is 66.8 Å². The normalized spacial score (nSPS) is 33.9. The Morgan fingerprint density at radius 1 is 0.667 bits per heavy atom. The Labute approximate surface area is 128 Å². The molecule has 1 aliphatic heterocycles. The van der Waals surface area contributed by atoms with Crippen LogP contribution in [0, 0.1) is 0 Å². The van der Waals surface area contributed by atoms with Crippen molar-refractivity contribution < 1.29 is 9.31 Å². The summed E-state index contributed by atoms with van der Waals surface area (Å²) in [6, 6.07) is 0. The molecule has 0 spiro atoms. The maximum Gasteiger partial charge on any atom is 0.494 e. The van der Waals surface area contributed by atoms with E-state index in [0.717, 1.165) is 5.47 Å². The molecule has 0 radical (unpaired) electrons. The first-order valence-electron chi connectivity index (χ1n) is 7.33. The van der Waals surface area contributed by atoms with Gasteiger partial charge in [0, 0.05) is 0 Å². The van der Waals surface area contributed by atoms with Crippen LogP contribution in [0.3, 0.4) is 0 Å². The minimum atomic E-state index is -0.341. The largest absolute Gasteiger partial charge is 0.494 e.